The van der Waals surface area contributed by atoms with E-state index in [1.165, 1.54) is 16.2 Å². The Labute approximate surface area is 266 Å². The molecule has 10 heteroatoms. The number of unbranched alkanes of at least 4 members (excludes halogenated alkanes) is 2. The molecule has 234 valence electrons. The van der Waals surface area contributed by atoms with Gasteiger partial charge < -0.3 is 24.1 Å². The minimum absolute atomic E-state index is 0.0529. The molecular formula is C35H36N2O7S. The highest BCUT2D eigenvalue weighted by molar-refractivity contribution is 7.22. The van der Waals surface area contributed by atoms with Gasteiger partial charge in [0, 0.05) is 5.56 Å². The predicted molar refractivity (Wildman–Crippen MR) is 174 cm³/mol. The zero-order chi connectivity index (χ0) is 31.7. The van der Waals surface area contributed by atoms with Crippen molar-refractivity contribution in [3.8, 4) is 23.0 Å². The number of aromatic nitrogens is 1. The maximum atomic E-state index is 13.9. The van der Waals surface area contributed by atoms with Crippen LogP contribution in [0, 0.1) is 13.8 Å². The number of fused-ring (bicyclic) bond motifs is 2. The number of benzene rings is 3. The van der Waals surface area contributed by atoms with Gasteiger partial charge in [0.2, 0.25) is 0 Å². The van der Waals surface area contributed by atoms with E-state index in [2.05, 4.69) is 6.92 Å². The van der Waals surface area contributed by atoms with Crippen molar-refractivity contribution in [3.05, 3.63) is 76.4 Å². The van der Waals surface area contributed by atoms with Gasteiger partial charge >= 0.3 is 5.91 Å². The average Bonchev–Trinajstić information content (AvgIpc) is 3.57. The highest BCUT2D eigenvalue weighted by Gasteiger charge is 2.48. The van der Waals surface area contributed by atoms with Crippen molar-refractivity contribution in [3.63, 3.8) is 0 Å². The van der Waals surface area contributed by atoms with Crippen LogP contribution in [0.2, 0.25) is 0 Å². The molecular weight excluding hydrogens is 592 g/mol. The molecule has 6 rings (SSSR count). The normalized spacial score (nSPS) is 17.2. The van der Waals surface area contributed by atoms with Gasteiger partial charge in [-0.1, -0.05) is 43.2 Å². The predicted octanol–water partition coefficient (Wildman–Crippen LogP) is 7.28. The summed E-state index contributed by atoms with van der Waals surface area (Å²) in [5.41, 5.74) is 3.66. The number of carbonyl (C=O) groups is 2. The SMILES string of the molecule is CCCCCOc1ccc([C@H]2/C(=C(\O)c3ccc4c(c3)OCCO4)C(=O)C(=O)N2c2nc3c(C)cc(C)cc3s2)cc1OCC. The second-order valence-electron chi connectivity index (χ2n) is 11.1. The van der Waals surface area contributed by atoms with Crippen LogP contribution in [0.15, 0.2) is 54.1 Å². The first-order valence-corrected chi connectivity index (χ1v) is 16.1. The third kappa shape index (κ3) is 5.82. The maximum absolute atomic E-state index is 13.9. The van der Waals surface area contributed by atoms with Gasteiger partial charge in [0.1, 0.15) is 19.0 Å². The lowest BCUT2D eigenvalue weighted by Gasteiger charge is -2.24. The number of carbonyl (C=O) groups excluding carboxylic acids is 2. The number of aliphatic hydroxyl groups is 1. The van der Waals surface area contributed by atoms with Crippen LogP contribution in [0.3, 0.4) is 0 Å². The lowest BCUT2D eigenvalue weighted by Crippen LogP contribution is -2.29. The Bertz CT molecular complexity index is 1810. The quantitative estimate of drug-likeness (QED) is 0.0845. The Kier molecular flexibility index (Phi) is 8.67. The van der Waals surface area contributed by atoms with Gasteiger partial charge in [0.05, 0.1) is 35.0 Å². The molecule has 0 bridgehead atoms. The van der Waals surface area contributed by atoms with E-state index < -0.39 is 17.7 Å². The van der Waals surface area contributed by atoms with Crippen LogP contribution in [0.25, 0.3) is 16.0 Å². The Balaban J connectivity index is 1.50. The lowest BCUT2D eigenvalue weighted by atomic mass is 9.95. The minimum Gasteiger partial charge on any atom is -0.507 e. The number of ketones is 1. The van der Waals surface area contributed by atoms with Crippen LogP contribution in [0.1, 0.15) is 61.4 Å². The second kappa shape index (κ2) is 12.8. The molecule has 2 aliphatic heterocycles. The summed E-state index contributed by atoms with van der Waals surface area (Å²) in [6, 6.07) is 13.4. The number of rotatable bonds is 10. The molecule has 2 aliphatic rings. The highest BCUT2D eigenvalue weighted by atomic mass is 32.1. The summed E-state index contributed by atoms with van der Waals surface area (Å²) in [5, 5.41) is 12.1. The molecule has 1 saturated heterocycles. The van der Waals surface area contributed by atoms with Crippen molar-refractivity contribution in [1.82, 2.24) is 4.98 Å². The maximum Gasteiger partial charge on any atom is 0.301 e. The fourth-order valence-electron chi connectivity index (χ4n) is 5.77. The fourth-order valence-corrected chi connectivity index (χ4v) is 6.94. The molecule has 0 aliphatic carbocycles. The first-order chi connectivity index (χ1) is 21.8. The van der Waals surface area contributed by atoms with Gasteiger partial charge in [-0.25, -0.2) is 4.98 Å². The molecule has 1 fully saturated rings. The van der Waals surface area contributed by atoms with Crippen molar-refractivity contribution in [2.45, 2.75) is 53.0 Å². The molecule has 45 heavy (non-hydrogen) atoms. The number of aliphatic hydroxyl groups excluding tert-OH is 1. The van der Waals surface area contributed by atoms with E-state index in [0.29, 0.717) is 65.7 Å². The topological polar surface area (TPSA) is 107 Å². The van der Waals surface area contributed by atoms with Gasteiger partial charge in [-0.05, 0) is 80.3 Å². The zero-order valence-electron chi connectivity index (χ0n) is 25.8. The van der Waals surface area contributed by atoms with Crippen LogP contribution in [-0.2, 0) is 9.59 Å². The number of thiazole rings is 1. The van der Waals surface area contributed by atoms with Gasteiger partial charge in [-0.2, -0.15) is 0 Å². The van der Waals surface area contributed by atoms with E-state index >= 15 is 0 Å². The fraction of sp³-hybridized carbons (Fsp3) is 0.343. The Hall–Kier alpha value is -4.57. The van der Waals surface area contributed by atoms with Crippen LogP contribution in [-0.4, -0.2) is 48.2 Å². The molecule has 1 atom stereocenters. The summed E-state index contributed by atoms with van der Waals surface area (Å²) in [6.07, 6.45) is 3.04. The smallest absolute Gasteiger partial charge is 0.301 e. The Morgan fingerprint density at radius 1 is 0.978 bits per heavy atom. The summed E-state index contributed by atoms with van der Waals surface area (Å²) in [6.45, 7) is 9.72. The molecule has 0 radical (unpaired) electrons. The minimum atomic E-state index is -0.978. The van der Waals surface area contributed by atoms with Crippen molar-refractivity contribution < 1.29 is 33.6 Å². The number of nitrogens with zero attached hydrogens (tertiary/aromatic N) is 2. The molecule has 1 aromatic heterocycles. The average molecular weight is 629 g/mol. The number of hydrogen-bond acceptors (Lipinski definition) is 9. The molecule has 1 amide bonds. The number of hydrogen-bond donors (Lipinski definition) is 1. The van der Waals surface area contributed by atoms with Crippen LogP contribution in [0.5, 0.6) is 23.0 Å². The largest absolute Gasteiger partial charge is 0.507 e. The van der Waals surface area contributed by atoms with Crippen molar-refractivity contribution in [2.75, 3.05) is 31.3 Å². The molecule has 9 nitrogen and oxygen atoms in total. The van der Waals surface area contributed by atoms with E-state index in [1.807, 2.05) is 32.9 Å². The van der Waals surface area contributed by atoms with Crippen LogP contribution < -0.4 is 23.8 Å². The van der Waals surface area contributed by atoms with Gasteiger partial charge in [-0.15, -0.1) is 0 Å². The number of Topliss-reactive ketones (excluding diaryl/α,β-unsaturated/α-hetero) is 1. The summed E-state index contributed by atoms with van der Waals surface area (Å²) in [7, 11) is 0. The van der Waals surface area contributed by atoms with E-state index in [4.69, 9.17) is 23.9 Å². The zero-order valence-corrected chi connectivity index (χ0v) is 26.7. The van der Waals surface area contributed by atoms with E-state index in [9.17, 15) is 14.7 Å². The molecule has 0 spiro atoms. The number of amides is 1. The van der Waals surface area contributed by atoms with E-state index in [-0.39, 0.29) is 11.3 Å². The molecule has 4 aromatic rings. The summed E-state index contributed by atoms with van der Waals surface area (Å²) in [5.74, 6) is 0.174. The molecule has 3 heterocycles. The molecule has 0 saturated carbocycles. The van der Waals surface area contributed by atoms with Crippen LogP contribution >= 0.6 is 11.3 Å². The second-order valence-corrected chi connectivity index (χ2v) is 12.2. The number of anilines is 1. The first-order valence-electron chi connectivity index (χ1n) is 15.3. The van der Waals surface area contributed by atoms with Gasteiger partial charge in [0.25, 0.3) is 5.78 Å². The van der Waals surface area contributed by atoms with Crippen molar-refractivity contribution in [2.24, 2.45) is 0 Å². The third-order valence-electron chi connectivity index (χ3n) is 7.87. The van der Waals surface area contributed by atoms with E-state index in [1.54, 1.807) is 36.4 Å². The Morgan fingerprint density at radius 2 is 1.78 bits per heavy atom. The van der Waals surface area contributed by atoms with Crippen molar-refractivity contribution in [1.29, 1.82) is 0 Å². The molecule has 1 N–H and O–H groups in total. The summed E-state index contributed by atoms with van der Waals surface area (Å²) in [4.78, 5) is 33.9. The monoisotopic (exact) mass is 628 g/mol. The first kappa shape index (κ1) is 30.5. The summed E-state index contributed by atoms with van der Waals surface area (Å²) < 4.78 is 24.3. The lowest BCUT2D eigenvalue weighted by molar-refractivity contribution is -0.132. The molecule has 0 unspecified atom stereocenters. The number of aryl methyl sites for hydroxylation is 2. The standard InChI is InChI=1S/C35H36N2O7S/c1-5-7-8-13-42-24-11-9-22(18-26(24)41-6-2)31-29(32(38)23-10-12-25-27(19-23)44-15-14-43-25)33(39)34(40)37(31)35-36-30-21(4)16-20(3)17-28(30)45-35/h9-12,16-19,31,38H,5-8,13-15H2,1-4H3/b32-29+/t31-/m0/s1. The summed E-state index contributed by atoms with van der Waals surface area (Å²) >= 11 is 1.33. The van der Waals surface area contributed by atoms with Gasteiger partial charge in [-0.3, -0.25) is 14.5 Å². The molecule has 3 aromatic carbocycles. The third-order valence-corrected chi connectivity index (χ3v) is 8.88. The Morgan fingerprint density at radius 3 is 2.56 bits per heavy atom. The van der Waals surface area contributed by atoms with E-state index in [0.717, 1.165) is 40.6 Å². The van der Waals surface area contributed by atoms with Crippen LogP contribution in [0.4, 0.5) is 5.13 Å². The van der Waals surface area contributed by atoms with Crippen molar-refractivity contribution >= 4 is 44.1 Å². The highest BCUT2D eigenvalue weighted by Crippen LogP contribution is 2.47. The number of ether oxygens (including phenoxy) is 4. The van der Waals surface area contributed by atoms with Gasteiger partial charge in [0.15, 0.2) is 28.1 Å².